The van der Waals surface area contributed by atoms with Crippen molar-refractivity contribution in [1.82, 2.24) is 0 Å². The second kappa shape index (κ2) is 11.1. The van der Waals surface area contributed by atoms with Gasteiger partial charge < -0.3 is 19.7 Å². The SMILES string of the molecule is O=C(COC(=O)[C@H]1CC(=O)N(c2ccc(Oc3cccc4ccccc34)cc2)C1)Nc1ccc(Cl)c(Cl)c1. The van der Waals surface area contributed by atoms with Gasteiger partial charge in [-0.05, 0) is 53.9 Å². The summed E-state index contributed by atoms with van der Waals surface area (Å²) < 4.78 is 11.2. The summed E-state index contributed by atoms with van der Waals surface area (Å²) in [5.41, 5.74) is 1.07. The molecule has 1 fully saturated rings. The first-order valence-electron chi connectivity index (χ1n) is 11.8. The van der Waals surface area contributed by atoms with Gasteiger partial charge in [0.1, 0.15) is 11.5 Å². The van der Waals surface area contributed by atoms with E-state index < -0.39 is 24.4 Å². The molecule has 0 aromatic heterocycles. The third-order valence-corrected chi connectivity index (χ3v) is 6.87. The molecule has 0 radical (unpaired) electrons. The Labute approximate surface area is 228 Å². The van der Waals surface area contributed by atoms with Gasteiger partial charge in [-0.15, -0.1) is 0 Å². The minimum absolute atomic E-state index is 0.00149. The lowest BCUT2D eigenvalue weighted by atomic mass is 10.1. The van der Waals surface area contributed by atoms with Crippen LogP contribution in [0.2, 0.25) is 10.0 Å². The molecule has 4 aromatic rings. The van der Waals surface area contributed by atoms with Gasteiger partial charge in [0, 0.05) is 29.7 Å². The van der Waals surface area contributed by atoms with Gasteiger partial charge in [-0.1, -0.05) is 59.6 Å². The van der Waals surface area contributed by atoms with Gasteiger partial charge in [-0.3, -0.25) is 14.4 Å². The number of anilines is 2. The first-order chi connectivity index (χ1) is 18.4. The number of ether oxygens (including phenoxy) is 2. The van der Waals surface area contributed by atoms with E-state index in [1.165, 1.54) is 11.0 Å². The maximum absolute atomic E-state index is 12.6. The maximum Gasteiger partial charge on any atom is 0.311 e. The van der Waals surface area contributed by atoms with E-state index >= 15 is 0 Å². The number of carbonyl (C=O) groups excluding carboxylic acids is 3. The fraction of sp³-hybridized carbons (Fsp3) is 0.138. The number of esters is 1. The number of nitrogens with one attached hydrogen (secondary N) is 1. The Morgan fingerprint density at radius 1 is 0.921 bits per heavy atom. The van der Waals surface area contributed by atoms with Crippen molar-refractivity contribution in [1.29, 1.82) is 0 Å². The molecule has 1 aliphatic rings. The third kappa shape index (κ3) is 5.74. The van der Waals surface area contributed by atoms with E-state index in [4.69, 9.17) is 32.7 Å². The van der Waals surface area contributed by atoms with E-state index in [9.17, 15) is 14.4 Å². The van der Waals surface area contributed by atoms with Crippen molar-refractivity contribution in [2.24, 2.45) is 5.92 Å². The third-order valence-electron chi connectivity index (χ3n) is 6.13. The molecular weight excluding hydrogens is 527 g/mol. The van der Waals surface area contributed by atoms with Gasteiger partial charge in [-0.25, -0.2) is 0 Å². The van der Waals surface area contributed by atoms with Gasteiger partial charge in [0.15, 0.2) is 6.61 Å². The highest BCUT2D eigenvalue weighted by Gasteiger charge is 2.36. The number of carbonyl (C=O) groups is 3. The average Bonchev–Trinajstić information content (AvgIpc) is 3.31. The van der Waals surface area contributed by atoms with Crippen LogP contribution in [0.25, 0.3) is 10.8 Å². The van der Waals surface area contributed by atoms with Crippen LogP contribution in [0, 0.1) is 5.92 Å². The number of fused-ring (bicyclic) bond motifs is 1. The molecule has 38 heavy (non-hydrogen) atoms. The maximum atomic E-state index is 12.6. The summed E-state index contributed by atoms with van der Waals surface area (Å²) in [5.74, 6) is -0.651. The molecule has 2 amide bonds. The Morgan fingerprint density at radius 2 is 1.68 bits per heavy atom. The number of halogens is 2. The molecule has 5 rings (SSSR count). The summed E-state index contributed by atoms with van der Waals surface area (Å²) >= 11 is 11.8. The summed E-state index contributed by atoms with van der Waals surface area (Å²) in [6.45, 7) is -0.320. The second-order valence-electron chi connectivity index (χ2n) is 8.76. The zero-order valence-corrected chi connectivity index (χ0v) is 21.5. The van der Waals surface area contributed by atoms with Crippen molar-refractivity contribution in [3.63, 3.8) is 0 Å². The molecule has 9 heteroatoms. The van der Waals surface area contributed by atoms with E-state index in [1.807, 2.05) is 42.5 Å². The quantitative estimate of drug-likeness (QED) is 0.267. The van der Waals surface area contributed by atoms with Crippen molar-refractivity contribution < 1.29 is 23.9 Å². The molecule has 1 N–H and O–H groups in total. The summed E-state index contributed by atoms with van der Waals surface area (Å²) in [6, 6.07) is 25.6. The topological polar surface area (TPSA) is 84.9 Å². The molecule has 1 atom stereocenters. The first kappa shape index (κ1) is 25.6. The number of rotatable bonds is 7. The predicted octanol–water partition coefficient (Wildman–Crippen LogP) is 6.47. The molecule has 1 heterocycles. The Kier molecular flexibility index (Phi) is 7.49. The van der Waals surface area contributed by atoms with E-state index in [2.05, 4.69) is 5.32 Å². The van der Waals surface area contributed by atoms with Crippen molar-refractivity contribution in [3.8, 4) is 11.5 Å². The Hall–Kier alpha value is -4.07. The molecule has 1 aliphatic heterocycles. The van der Waals surface area contributed by atoms with E-state index in [0.717, 1.165) is 16.5 Å². The van der Waals surface area contributed by atoms with E-state index in [1.54, 1.807) is 36.4 Å². The average molecular weight is 549 g/mol. The molecule has 0 saturated carbocycles. The highest BCUT2D eigenvalue weighted by molar-refractivity contribution is 6.42. The van der Waals surface area contributed by atoms with Crippen LogP contribution < -0.4 is 15.0 Å². The number of hydrogen-bond acceptors (Lipinski definition) is 5. The van der Waals surface area contributed by atoms with Gasteiger partial charge in [0.25, 0.3) is 5.91 Å². The normalized spacial score (nSPS) is 14.9. The summed E-state index contributed by atoms with van der Waals surface area (Å²) in [5, 5.41) is 5.31. The molecule has 192 valence electrons. The standard InChI is InChI=1S/C29H22Cl2N2O5/c30-24-13-8-20(15-25(24)31)32-27(34)17-37-29(36)19-14-28(35)33(16-19)21-9-11-22(12-10-21)38-26-7-3-5-18-4-1-2-6-23(18)26/h1-13,15,19H,14,16-17H2,(H,32,34)/t19-/m0/s1. The minimum atomic E-state index is -0.674. The lowest BCUT2D eigenvalue weighted by Crippen LogP contribution is -2.28. The van der Waals surface area contributed by atoms with Crippen LogP contribution in [-0.4, -0.2) is 30.9 Å². The molecule has 0 aliphatic carbocycles. The zero-order chi connectivity index (χ0) is 26.6. The minimum Gasteiger partial charge on any atom is -0.457 e. The lowest BCUT2D eigenvalue weighted by Gasteiger charge is -2.17. The highest BCUT2D eigenvalue weighted by atomic mass is 35.5. The van der Waals surface area contributed by atoms with Crippen LogP contribution >= 0.6 is 23.2 Å². The van der Waals surface area contributed by atoms with Gasteiger partial charge >= 0.3 is 5.97 Å². The van der Waals surface area contributed by atoms with Crippen LogP contribution in [0.15, 0.2) is 84.9 Å². The largest absolute Gasteiger partial charge is 0.457 e. The highest BCUT2D eigenvalue weighted by Crippen LogP contribution is 2.32. The van der Waals surface area contributed by atoms with Crippen LogP contribution in [0.5, 0.6) is 11.5 Å². The van der Waals surface area contributed by atoms with Crippen molar-refractivity contribution >= 4 is 63.1 Å². The molecule has 0 spiro atoms. The summed E-state index contributed by atoms with van der Waals surface area (Å²) in [7, 11) is 0. The lowest BCUT2D eigenvalue weighted by molar-refractivity contribution is -0.151. The molecule has 0 unspecified atom stereocenters. The van der Waals surface area contributed by atoms with Crippen LogP contribution in [0.3, 0.4) is 0 Å². The monoisotopic (exact) mass is 548 g/mol. The van der Waals surface area contributed by atoms with Crippen LogP contribution in [0.1, 0.15) is 6.42 Å². The van der Waals surface area contributed by atoms with Crippen molar-refractivity contribution in [2.75, 3.05) is 23.4 Å². The molecule has 0 bridgehead atoms. The number of amides is 2. The first-order valence-corrected chi connectivity index (χ1v) is 12.6. The van der Waals surface area contributed by atoms with Gasteiger partial charge in [0.2, 0.25) is 5.91 Å². The zero-order valence-electron chi connectivity index (χ0n) is 20.0. The summed E-state index contributed by atoms with van der Waals surface area (Å²) in [4.78, 5) is 38.9. The number of hydrogen-bond donors (Lipinski definition) is 1. The van der Waals surface area contributed by atoms with Crippen LogP contribution in [0.4, 0.5) is 11.4 Å². The molecule has 7 nitrogen and oxygen atoms in total. The Morgan fingerprint density at radius 3 is 2.47 bits per heavy atom. The Balaban J connectivity index is 1.16. The second-order valence-corrected chi connectivity index (χ2v) is 9.58. The molecular formula is C29H22Cl2N2O5. The number of nitrogens with zero attached hydrogens (tertiary/aromatic N) is 1. The van der Waals surface area contributed by atoms with Gasteiger partial charge in [0.05, 0.1) is 16.0 Å². The van der Waals surface area contributed by atoms with Crippen LogP contribution in [-0.2, 0) is 19.1 Å². The predicted molar refractivity (Wildman–Crippen MR) is 147 cm³/mol. The van der Waals surface area contributed by atoms with E-state index in [0.29, 0.717) is 27.2 Å². The fourth-order valence-electron chi connectivity index (χ4n) is 4.25. The smallest absolute Gasteiger partial charge is 0.311 e. The van der Waals surface area contributed by atoms with Gasteiger partial charge in [-0.2, -0.15) is 0 Å². The van der Waals surface area contributed by atoms with E-state index in [-0.39, 0.29) is 18.9 Å². The van der Waals surface area contributed by atoms with Crippen molar-refractivity contribution in [3.05, 3.63) is 95.0 Å². The fourth-order valence-corrected chi connectivity index (χ4v) is 4.54. The van der Waals surface area contributed by atoms with Crippen molar-refractivity contribution in [2.45, 2.75) is 6.42 Å². The molecule has 1 saturated heterocycles. The molecule has 4 aromatic carbocycles. The number of benzene rings is 4. The Bertz CT molecular complexity index is 1520. The summed E-state index contributed by atoms with van der Waals surface area (Å²) in [6.07, 6.45) is 0.00149.